The number of hydrogen-bond acceptors (Lipinski definition) is 2. The van der Waals surface area contributed by atoms with Gasteiger partial charge in [-0.25, -0.2) is 0 Å². The minimum absolute atomic E-state index is 0.0297. The molecule has 5 heteroatoms. The minimum Gasteiger partial charge on any atom is -0.398 e. The van der Waals surface area contributed by atoms with Gasteiger partial charge < -0.3 is 5.73 Å². The van der Waals surface area contributed by atoms with E-state index in [4.69, 9.17) is 11.1 Å². The predicted octanol–water partition coefficient (Wildman–Crippen LogP) is 2.51. The number of nitrogens with two attached hydrogens (primary N) is 1. The van der Waals surface area contributed by atoms with Gasteiger partial charge in [-0.2, -0.15) is 13.2 Å². The molecule has 0 bridgehead atoms. The van der Waals surface area contributed by atoms with E-state index in [2.05, 4.69) is 0 Å². The van der Waals surface area contributed by atoms with Crippen LogP contribution in [0.2, 0.25) is 0 Å². The smallest absolute Gasteiger partial charge is 0.398 e. The highest BCUT2D eigenvalue weighted by Gasteiger charge is 2.36. The molecular weight excluding hydrogens is 193 g/mol. The number of alkyl halides is 3. The standard InChI is InChI=1S/C9H9F3N2/c1-5-2-3-7(13)6(4-5)8(14)9(10,11)12/h2-4,14H,13H2,1H3. The molecule has 1 aromatic rings. The van der Waals surface area contributed by atoms with Crippen molar-refractivity contribution in [3.63, 3.8) is 0 Å². The van der Waals surface area contributed by atoms with E-state index in [0.717, 1.165) is 0 Å². The fourth-order valence-electron chi connectivity index (χ4n) is 1.04. The van der Waals surface area contributed by atoms with E-state index in [1.54, 1.807) is 13.0 Å². The second kappa shape index (κ2) is 3.32. The number of benzene rings is 1. The normalized spacial score (nSPS) is 11.4. The Hall–Kier alpha value is -1.52. The SMILES string of the molecule is Cc1ccc(N)c(C(=N)C(F)(F)F)c1. The van der Waals surface area contributed by atoms with E-state index in [0.29, 0.717) is 5.56 Å². The summed E-state index contributed by atoms with van der Waals surface area (Å²) in [5.74, 6) is 0. The summed E-state index contributed by atoms with van der Waals surface area (Å²) in [5.41, 5.74) is 4.29. The van der Waals surface area contributed by atoms with Crippen molar-refractivity contribution in [1.29, 1.82) is 5.41 Å². The first-order chi connectivity index (χ1) is 6.32. The summed E-state index contributed by atoms with van der Waals surface area (Å²) in [6, 6.07) is 4.22. The van der Waals surface area contributed by atoms with E-state index >= 15 is 0 Å². The number of halogens is 3. The fourth-order valence-corrected chi connectivity index (χ4v) is 1.04. The van der Waals surface area contributed by atoms with E-state index in [9.17, 15) is 13.2 Å². The average molecular weight is 202 g/mol. The summed E-state index contributed by atoms with van der Waals surface area (Å²) in [6.07, 6.45) is -4.65. The summed E-state index contributed by atoms with van der Waals surface area (Å²) in [6.45, 7) is 1.65. The number of anilines is 1. The number of rotatable bonds is 1. The Kier molecular flexibility index (Phi) is 2.51. The highest BCUT2D eigenvalue weighted by molar-refractivity contribution is 6.06. The third kappa shape index (κ3) is 2.04. The first kappa shape index (κ1) is 10.6. The third-order valence-electron chi connectivity index (χ3n) is 1.76. The van der Waals surface area contributed by atoms with Crippen molar-refractivity contribution < 1.29 is 13.2 Å². The molecule has 0 saturated carbocycles. The van der Waals surface area contributed by atoms with Crippen molar-refractivity contribution in [3.8, 4) is 0 Å². The van der Waals surface area contributed by atoms with Gasteiger partial charge in [0.1, 0.15) is 5.71 Å². The molecule has 0 aromatic heterocycles. The second-order valence-corrected chi connectivity index (χ2v) is 2.96. The van der Waals surface area contributed by atoms with Gasteiger partial charge in [-0.05, 0) is 19.1 Å². The van der Waals surface area contributed by atoms with Crippen LogP contribution in [0.5, 0.6) is 0 Å². The molecule has 14 heavy (non-hydrogen) atoms. The van der Waals surface area contributed by atoms with Crippen LogP contribution in [0.1, 0.15) is 11.1 Å². The Balaban J connectivity index is 3.19. The van der Waals surface area contributed by atoms with Crippen molar-refractivity contribution in [1.82, 2.24) is 0 Å². The summed E-state index contributed by atoms with van der Waals surface area (Å²) in [5, 5.41) is 6.91. The molecule has 3 N–H and O–H groups in total. The number of nitrogens with one attached hydrogen (secondary N) is 1. The molecule has 0 aliphatic carbocycles. The van der Waals surface area contributed by atoms with Crippen molar-refractivity contribution in [2.24, 2.45) is 0 Å². The van der Waals surface area contributed by atoms with Gasteiger partial charge >= 0.3 is 6.18 Å². The third-order valence-corrected chi connectivity index (χ3v) is 1.76. The van der Waals surface area contributed by atoms with Gasteiger partial charge in [0.25, 0.3) is 0 Å². The lowest BCUT2D eigenvalue weighted by Crippen LogP contribution is -2.23. The Morgan fingerprint density at radius 2 is 1.93 bits per heavy atom. The zero-order valence-electron chi connectivity index (χ0n) is 7.44. The molecular formula is C9H9F3N2. The number of aryl methyl sites for hydroxylation is 1. The molecule has 0 heterocycles. The van der Waals surface area contributed by atoms with Crippen molar-refractivity contribution in [3.05, 3.63) is 29.3 Å². The first-order valence-corrected chi connectivity index (χ1v) is 3.84. The fraction of sp³-hybridized carbons (Fsp3) is 0.222. The molecule has 0 radical (unpaired) electrons. The average Bonchev–Trinajstić information content (AvgIpc) is 2.06. The zero-order chi connectivity index (χ0) is 10.9. The van der Waals surface area contributed by atoms with Gasteiger partial charge in [-0.15, -0.1) is 0 Å². The Morgan fingerprint density at radius 1 is 1.36 bits per heavy atom. The predicted molar refractivity (Wildman–Crippen MR) is 48.5 cm³/mol. The lowest BCUT2D eigenvalue weighted by Gasteiger charge is -2.11. The van der Waals surface area contributed by atoms with Crippen LogP contribution in [-0.4, -0.2) is 11.9 Å². The minimum atomic E-state index is -4.65. The molecule has 2 nitrogen and oxygen atoms in total. The number of nitrogen functional groups attached to an aromatic ring is 1. The van der Waals surface area contributed by atoms with E-state index in [-0.39, 0.29) is 11.3 Å². The van der Waals surface area contributed by atoms with Crippen LogP contribution in [-0.2, 0) is 0 Å². The quantitative estimate of drug-likeness (QED) is 0.533. The van der Waals surface area contributed by atoms with Gasteiger partial charge in [0.2, 0.25) is 0 Å². The van der Waals surface area contributed by atoms with Crippen molar-refractivity contribution >= 4 is 11.4 Å². The van der Waals surface area contributed by atoms with Crippen LogP contribution in [0.4, 0.5) is 18.9 Å². The van der Waals surface area contributed by atoms with Crippen LogP contribution < -0.4 is 5.73 Å². The van der Waals surface area contributed by atoms with Crippen LogP contribution in [0.25, 0.3) is 0 Å². The summed E-state index contributed by atoms with van der Waals surface area (Å²) in [4.78, 5) is 0. The molecule has 0 saturated heterocycles. The Bertz CT molecular complexity index is 369. The van der Waals surface area contributed by atoms with Gasteiger partial charge in [-0.1, -0.05) is 11.6 Å². The molecule has 0 aliphatic heterocycles. The first-order valence-electron chi connectivity index (χ1n) is 3.84. The molecule has 0 atom stereocenters. The molecule has 0 fully saturated rings. The lowest BCUT2D eigenvalue weighted by molar-refractivity contribution is -0.0587. The Labute approximate surface area is 79.0 Å². The topological polar surface area (TPSA) is 49.9 Å². The maximum Gasteiger partial charge on any atom is 0.433 e. The maximum absolute atomic E-state index is 12.2. The highest BCUT2D eigenvalue weighted by Crippen LogP contribution is 2.25. The van der Waals surface area contributed by atoms with Gasteiger partial charge in [0, 0.05) is 11.3 Å². The molecule has 0 unspecified atom stereocenters. The molecule has 1 rings (SSSR count). The van der Waals surface area contributed by atoms with Crippen LogP contribution in [0, 0.1) is 12.3 Å². The Morgan fingerprint density at radius 3 is 2.43 bits per heavy atom. The van der Waals surface area contributed by atoms with E-state index < -0.39 is 11.9 Å². The van der Waals surface area contributed by atoms with E-state index in [1.165, 1.54) is 12.1 Å². The summed E-state index contributed by atoms with van der Waals surface area (Å²) < 4.78 is 36.5. The molecule has 0 amide bonds. The highest BCUT2D eigenvalue weighted by atomic mass is 19.4. The van der Waals surface area contributed by atoms with Gasteiger partial charge in [-0.3, -0.25) is 5.41 Å². The summed E-state index contributed by atoms with van der Waals surface area (Å²) >= 11 is 0. The number of hydrogen-bond donors (Lipinski definition) is 2. The van der Waals surface area contributed by atoms with Crippen LogP contribution in [0.3, 0.4) is 0 Å². The van der Waals surface area contributed by atoms with Gasteiger partial charge in [0.15, 0.2) is 0 Å². The second-order valence-electron chi connectivity index (χ2n) is 2.96. The van der Waals surface area contributed by atoms with Gasteiger partial charge in [0.05, 0.1) is 0 Å². The monoisotopic (exact) mass is 202 g/mol. The molecule has 0 spiro atoms. The maximum atomic E-state index is 12.2. The van der Waals surface area contributed by atoms with Crippen molar-refractivity contribution in [2.75, 3.05) is 5.73 Å². The van der Waals surface area contributed by atoms with Crippen LogP contribution >= 0.6 is 0 Å². The molecule has 0 aliphatic rings. The summed E-state index contributed by atoms with van der Waals surface area (Å²) in [7, 11) is 0. The zero-order valence-corrected chi connectivity index (χ0v) is 7.44. The lowest BCUT2D eigenvalue weighted by atomic mass is 10.0. The molecule has 76 valence electrons. The van der Waals surface area contributed by atoms with Crippen LogP contribution in [0.15, 0.2) is 18.2 Å². The molecule has 1 aromatic carbocycles. The largest absolute Gasteiger partial charge is 0.433 e. The van der Waals surface area contributed by atoms with E-state index in [1.807, 2.05) is 0 Å². The van der Waals surface area contributed by atoms with Crippen molar-refractivity contribution in [2.45, 2.75) is 13.1 Å².